The summed E-state index contributed by atoms with van der Waals surface area (Å²) in [5.41, 5.74) is 0. The Balaban J connectivity index is 2.48. The molecule has 10 heavy (non-hydrogen) atoms. The lowest BCUT2D eigenvalue weighted by Crippen LogP contribution is -2.26. The largest absolute Gasteiger partial charge is 0.483 e. The van der Waals surface area contributed by atoms with Gasteiger partial charge in [-0.3, -0.25) is 0 Å². The van der Waals surface area contributed by atoms with Crippen LogP contribution in [0.2, 0.25) is 0 Å². The van der Waals surface area contributed by atoms with Gasteiger partial charge in [0, 0.05) is 0 Å². The molecule has 0 unspecified atom stereocenters. The van der Waals surface area contributed by atoms with Crippen LogP contribution in [0.25, 0.3) is 0 Å². The third-order valence-corrected chi connectivity index (χ3v) is 1.57. The zero-order chi connectivity index (χ0) is 7.40. The van der Waals surface area contributed by atoms with E-state index in [9.17, 15) is 0 Å². The first kappa shape index (κ1) is 7.54. The van der Waals surface area contributed by atoms with Crippen LogP contribution in [0.1, 0.15) is 13.3 Å². The molecule has 0 fully saturated rings. The van der Waals surface area contributed by atoms with Gasteiger partial charge in [-0.05, 0) is 6.42 Å². The summed E-state index contributed by atoms with van der Waals surface area (Å²) in [5.74, 6) is 0.720. The molecule has 1 rings (SSSR count). The SMILES string of the molecule is CC[C@H]1COCC(OC)=N1. The van der Waals surface area contributed by atoms with E-state index in [0.29, 0.717) is 12.6 Å². The molecule has 1 aliphatic heterocycles. The number of rotatable bonds is 1. The van der Waals surface area contributed by atoms with Crippen molar-refractivity contribution >= 4 is 5.90 Å². The quantitative estimate of drug-likeness (QED) is 0.544. The molecule has 1 heterocycles. The fraction of sp³-hybridized carbons (Fsp3) is 0.857. The van der Waals surface area contributed by atoms with Crippen molar-refractivity contribution in [1.82, 2.24) is 0 Å². The molecule has 0 saturated carbocycles. The van der Waals surface area contributed by atoms with E-state index in [0.717, 1.165) is 18.9 Å². The Labute approximate surface area is 61.0 Å². The van der Waals surface area contributed by atoms with Gasteiger partial charge in [0.25, 0.3) is 0 Å². The number of ether oxygens (including phenoxy) is 2. The summed E-state index contributed by atoms with van der Waals surface area (Å²) in [7, 11) is 1.63. The van der Waals surface area contributed by atoms with E-state index in [2.05, 4.69) is 11.9 Å². The van der Waals surface area contributed by atoms with Gasteiger partial charge in [-0.1, -0.05) is 6.92 Å². The highest BCUT2D eigenvalue weighted by molar-refractivity contribution is 5.77. The Hall–Kier alpha value is -0.570. The van der Waals surface area contributed by atoms with Gasteiger partial charge < -0.3 is 9.47 Å². The molecular weight excluding hydrogens is 130 g/mol. The Bertz CT molecular complexity index is 134. The average molecular weight is 143 g/mol. The van der Waals surface area contributed by atoms with Gasteiger partial charge in [-0.2, -0.15) is 0 Å². The van der Waals surface area contributed by atoms with Crippen molar-refractivity contribution in [3.63, 3.8) is 0 Å². The molecule has 0 spiro atoms. The number of aliphatic imine (C=N–C) groups is 1. The maximum Gasteiger partial charge on any atom is 0.210 e. The summed E-state index contributed by atoms with van der Waals surface area (Å²) in [4.78, 5) is 4.29. The third-order valence-electron chi connectivity index (χ3n) is 1.57. The van der Waals surface area contributed by atoms with E-state index in [-0.39, 0.29) is 0 Å². The van der Waals surface area contributed by atoms with Crippen LogP contribution in [0.15, 0.2) is 4.99 Å². The first-order chi connectivity index (χ1) is 4.86. The Morgan fingerprint density at radius 2 is 2.60 bits per heavy atom. The zero-order valence-electron chi connectivity index (χ0n) is 6.46. The van der Waals surface area contributed by atoms with Gasteiger partial charge >= 0.3 is 0 Å². The molecule has 0 aromatic heterocycles. The van der Waals surface area contributed by atoms with Crippen LogP contribution < -0.4 is 0 Å². The van der Waals surface area contributed by atoms with Crippen molar-refractivity contribution in [3.8, 4) is 0 Å². The molecule has 0 N–H and O–H groups in total. The molecule has 3 heteroatoms. The number of nitrogens with zero attached hydrogens (tertiary/aromatic N) is 1. The van der Waals surface area contributed by atoms with Crippen LogP contribution in [0, 0.1) is 0 Å². The number of hydrogen-bond donors (Lipinski definition) is 0. The topological polar surface area (TPSA) is 30.8 Å². The monoisotopic (exact) mass is 143 g/mol. The van der Waals surface area contributed by atoms with Crippen LogP contribution >= 0.6 is 0 Å². The Morgan fingerprint density at radius 3 is 3.20 bits per heavy atom. The van der Waals surface area contributed by atoms with Crippen LogP contribution in [0.3, 0.4) is 0 Å². The molecule has 0 aliphatic carbocycles. The van der Waals surface area contributed by atoms with E-state index in [1.165, 1.54) is 0 Å². The summed E-state index contributed by atoms with van der Waals surface area (Å²) in [6.07, 6.45) is 1.02. The lowest BCUT2D eigenvalue weighted by Gasteiger charge is -2.18. The third kappa shape index (κ3) is 1.70. The van der Waals surface area contributed by atoms with Crippen LogP contribution in [-0.4, -0.2) is 32.3 Å². The van der Waals surface area contributed by atoms with Gasteiger partial charge in [0.05, 0.1) is 19.8 Å². The highest BCUT2D eigenvalue weighted by Gasteiger charge is 2.12. The number of methoxy groups -OCH3 is 1. The van der Waals surface area contributed by atoms with Crippen molar-refractivity contribution in [2.45, 2.75) is 19.4 Å². The molecular formula is C7H13NO2. The van der Waals surface area contributed by atoms with E-state index in [1.807, 2.05) is 0 Å². The summed E-state index contributed by atoms with van der Waals surface area (Å²) in [5, 5.41) is 0. The van der Waals surface area contributed by atoms with E-state index in [1.54, 1.807) is 7.11 Å². The van der Waals surface area contributed by atoms with Crippen LogP contribution in [0.4, 0.5) is 0 Å². The normalized spacial score (nSPS) is 25.8. The van der Waals surface area contributed by atoms with Gasteiger partial charge in [0.15, 0.2) is 0 Å². The van der Waals surface area contributed by atoms with Gasteiger partial charge in [-0.15, -0.1) is 0 Å². The Morgan fingerprint density at radius 1 is 1.80 bits per heavy atom. The highest BCUT2D eigenvalue weighted by Crippen LogP contribution is 2.04. The molecule has 0 bridgehead atoms. The minimum atomic E-state index is 0.309. The van der Waals surface area contributed by atoms with Crippen LogP contribution in [-0.2, 0) is 9.47 Å². The zero-order valence-corrected chi connectivity index (χ0v) is 6.46. The first-order valence-electron chi connectivity index (χ1n) is 3.55. The first-order valence-corrected chi connectivity index (χ1v) is 3.55. The minimum Gasteiger partial charge on any atom is -0.483 e. The summed E-state index contributed by atoms with van der Waals surface area (Å²) >= 11 is 0. The fourth-order valence-corrected chi connectivity index (χ4v) is 0.881. The highest BCUT2D eigenvalue weighted by atomic mass is 16.5. The molecule has 1 atom stereocenters. The second-order valence-electron chi connectivity index (χ2n) is 2.30. The molecule has 3 nitrogen and oxygen atoms in total. The van der Waals surface area contributed by atoms with Crippen molar-refractivity contribution in [1.29, 1.82) is 0 Å². The van der Waals surface area contributed by atoms with E-state index in [4.69, 9.17) is 9.47 Å². The van der Waals surface area contributed by atoms with Crippen molar-refractivity contribution in [2.75, 3.05) is 20.3 Å². The smallest absolute Gasteiger partial charge is 0.210 e. The molecule has 1 aliphatic rings. The molecule has 0 saturated heterocycles. The van der Waals surface area contributed by atoms with Crippen molar-refractivity contribution in [3.05, 3.63) is 0 Å². The fourth-order valence-electron chi connectivity index (χ4n) is 0.881. The maximum atomic E-state index is 5.22. The summed E-state index contributed by atoms with van der Waals surface area (Å²) in [6.45, 7) is 3.37. The Kier molecular flexibility index (Phi) is 2.68. The van der Waals surface area contributed by atoms with Gasteiger partial charge in [-0.25, -0.2) is 4.99 Å². The minimum absolute atomic E-state index is 0.309. The second kappa shape index (κ2) is 3.56. The summed E-state index contributed by atoms with van der Waals surface area (Å²) in [6, 6.07) is 0.309. The maximum absolute atomic E-state index is 5.22. The number of hydrogen-bond acceptors (Lipinski definition) is 3. The van der Waals surface area contributed by atoms with E-state index < -0.39 is 0 Å². The van der Waals surface area contributed by atoms with E-state index >= 15 is 0 Å². The molecule has 0 radical (unpaired) electrons. The predicted octanol–water partition coefficient (Wildman–Crippen LogP) is 0.840. The van der Waals surface area contributed by atoms with Crippen molar-refractivity contribution in [2.24, 2.45) is 4.99 Å². The lowest BCUT2D eigenvalue weighted by molar-refractivity contribution is 0.124. The molecule has 0 amide bonds. The van der Waals surface area contributed by atoms with Crippen molar-refractivity contribution < 1.29 is 9.47 Å². The lowest BCUT2D eigenvalue weighted by atomic mass is 10.2. The molecule has 0 aromatic rings. The standard InChI is InChI=1S/C7H13NO2/c1-3-6-4-10-5-7(8-6)9-2/h6H,3-5H2,1-2H3/t6-/m0/s1. The molecule has 58 valence electrons. The predicted molar refractivity (Wildman–Crippen MR) is 39.3 cm³/mol. The second-order valence-corrected chi connectivity index (χ2v) is 2.30. The van der Waals surface area contributed by atoms with Gasteiger partial charge in [0.2, 0.25) is 5.90 Å². The molecule has 0 aromatic carbocycles. The van der Waals surface area contributed by atoms with Gasteiger partial charge in [0.1, 0.15) is 6.61 Å². The average Bonchev–Trinajstić information content (AvgIpc) is 2.05. The summed E-state index contributed by atoms with van der Waals surface area (Å²) < 4.78 is 10.2. The van der Waals surface area contributed by atoms with Crippen LogP contribution in [0.5, 0.6) is 0 Å².